The third-order valence-corrected chi connectivity index (χ3v) is 2.43. The van der Waals surface area contributed by atoms with Gasteiger partial charge in [0.15, 0.2) is 0 Å². The Morgan fingerprint density at radius 3 is 2.50 bits per heavy atom. The zero-order valence-corrected chi connectivity index (χ0v) is 10.5. The van der Waals surface area contributed by atoms with E-state index in [0.29, 0.717) is 0 Å². The first-order chi connectivity index (χ1) is 7.28. The minimum atomic E-state index is -0.865. The molecule has 0 N–H and O–H groups in total. The highest BCUT2D eigenvalue weighted by atomic mass is 35.5. The van der Waals surface area contributed by atoms with Gasteiger partial charge in [-0.2, -0.15) is 0 Å². The first kappa shape index (κ1) is 12.9. The van der Waals surface area contributed by atoms with Gasteiger partial charge in [0.05, 0.1) is 6.20 Å². The average Bonchev–Trinajstić information content (AvgIpc) is 2.48. The smallest absolute Gasteiger partial charge is 0.428 e. The topological polar surface area (TPSA) is 65.5 Å². The molecule has 0 atom stereocenters. The second-order valence-corrected chi connectivity index (χ2v) is 5.17. The number of halogens is 1. The molecule has 0 saturated carbocycles. The molecule has 0 bridgehead atoms. The monoisotopic (exact) mass is 263 g/mol. The summed E-state index contributed by atoms with van der Waals surface area (Å²) in [4.78, 5) is 25.9. The van der Waals surface area contributed by atoms with Crippen molar-refractivity contribution >= 4 is 34.3 Å². The number of ether oxygens (including phenoxy) is 2. The molecule has 1 aromatic heterocycles. The fraction of sp³-hybridized carbons (Fsp3) is 0.444. The van der Waals surface area contributed by atoms with Gasteiger partial charge in [-0.25, -0.2) is 9.78 Å². The SMILES string of the molecule is CC(C)(C)OC(=O)Oc1ncc(C(=O)Cl)s1. The van der Waals surface area contributed by atoms with Crippen LogP contribution >= 0.6 is 22.9 Å². The van der Waals surface area contributed by atoms with E-state index in [9.17, 15) is 9.59 Å². The van der Waals surface area contributed by atoms with E-state index in [4.69, 9.17) is 21.1 Å². The molecule has 88 valence electrons. The molecular formula is C9H10ClNO4S. The van der Waals surface area contributed by atoms with E-state index in [-0.39, 0.29) is 10.1 Å². The fourth-order valence-electron chi connectivity index (χ4n) is 0.738. The van der Waals surface area contributed by atoms with Crippen LogP contribution in [0.5, 0.6) is 5.19 Å². The van der Waals surface area contributed by atoms with Crippen LogP contribution < -0.4 is 4.74 Å². The van der Waals surface area contributed by atoms with Crippen LogP contribution in [0.3, 0.4) is 0 Å². The second kappa shape index (κ2) is 4.80. The van der Waals surface area contributed by atoms with Gasteiger partial charge in [0, 0.05) is 0 Å². The number of thiazole rings is 1. The van der Waals surface area contributed by atoms with E-state index in [1.54, 1.807) is 20.8 Å². The second-order valence-electron chi connectivity index (χ2n) is 3.83. The summed E-state index contributed by atoms with van der Waals surface area (Å²) in [5, 5.41) is -0.616. The van der Waals surface area contributed by atoms with E-state index >= 15 is 0 Å². The predicted octanol–water partition coefficient (Wildman–Crippen LogP) is 2.84. The van der Waals surface area contributed by atoms with E-state index in [1.807, 2.05) is 0 Å². The van der Waals surface area contributed by atoms with Crippen molar-refractivity contribution in [3.05, 3.63) is 11.1 Å². The maximum Gasteiger partial charge on any atom is 0.516 e. The number of hydrogen-bond acceptors (Lipinski definition) is 6. The molecule has 7 heteroatoms. The lowest BCUT2D eigenvalue weighted by molar-refractivity contribution is 0.0206. The van der Waals surface area contributed by atoms with Crippen molar-refractivity contribution in [2.24, 2.45) is 0 Å². The molecule has 0 aromatic carbocycles. The largest absolute Gasteiger partial charge is 0.516 e. The van der Waals surface area contributed by atoms with Crippen LogP contribution in [0, 0.1) is 0 Å². The van der Waals surface area contributed by atoms with Crippen molar-refractivity contribution in [2.45, 2.75) is 26.4 Å². The lowest BCUT2D eigenvalue weighted by Gasteiger charge is -2.17. The summed E-state index contributed by atoms with van der Waals surface area (Å²) in [6, 6.07) is 0. The van der Waals surface area contributed by atoms with Gasteiger partial charge in [-0.1, -0.05) is 11.3 Å². The zero-order chi connectivity index (χ0) is 12.3. The number of carbonyl (C=O) groups excluding carboxylic acids is 2. The first-order valence-electron chi connectivity index (χ1n) is 4.34. The van der Waals surface area contributed by atoms with Gasteiger partial charge in [0.2, 0.25) is 0 Å². The molecule has 1 aromatic rings. The summed E-state index contributed by atoms with van der Waals surface area (Å²) in [6.45, 7) is 5.14. The van der Waals surface area contributed by atoms with Crippen molar-refractivity contribution in [1.29, 1.82) is 0 Å². The van der Waals surface area contributed by atoms with Gasteiger partial charge in [-0.15, -0.1) is 0 Å². The Kier molecular flexibility index (Phi) is 3.88. The molecule has 0 amide bonds. The summed E-state index contributed by atoms with van der Waals surface area (Å²) in [6.07, 6.45) is 0.370. The Hall–Kier alpha value is -1.14. The molecule has 0 aliphatic rings. The summed E-state index contributed by atoms with van der Waals surface area (Å²) < 4.78 is 9.66. The number of hydrogen-bond donors (Lipinski definition) is 0. The third kappa shape index (κ3) is 4.16. The van der Waals surface area contributed by atoms with Crippen molar-refractivity contribution in [3.8, 4) is 5.19 Å². The van der Waals surface area contributed by atoms with Crippen LogP contribution in [0.25, 0.3) is 0 Å². The fourth-order valence-corrected chi connectivity index (χ4v) is 1.49. The Morgan fingerprint density at radius 2 is 2.06 bits per heavy atom. The quantitative estimate of drug-likeness (QED) is 0.606. The Morgan fingerprint density at radius 1 is 1.44 bits per heavy atom. The van der Waals surface area contributed by atoms with Gasteiger partial charge in [0.1, 0.15) is 10.5 Å². The summed E-state index contributed by atoms with van der Waals surface area (Å²) in [5.74, 6) is 0. The zero-order valence-electron chi connectivity index (χ0n) is 8.94. The highest BCUT2D eigenvalue weighted by molar-refractivity contribution is 7.17. The molecule has 0 spiro atoms. The Labute approximate surface area is 101 Å². The van der Waals surface area contributed by atoms with Gasteiger partial charge in [0.25, 0.3) is 10.4 Å². The van der Waals surface area contributed by atoms with Crippen LogP contribution in [0.4, 0.5) is 4.79 Å². The minimum Gasteiger partial charge on any atom is -0.428 e. The predicted molar refractivity (Wildman–Crippen MR) is 59.2 cm³/mol. The molecule has 1 rings (SSSR count). The average molecular weight is 264 g/mol. The molecule has 5 nitrogen and oxygen atoms in total. The number of carbonyl (C=O) groups is 2. The van der Waals surface area contributed by atoms with Crippen molar-refractivity contribution in [2.75, 3.05) is 0 Å². The van der Waals surface area contributed by atoms with Crippen molar-refractivity contribution in [1.82, 2.24) is 4.98 Å². The van der Waals surface area contributed by atoms with Crippen molar-refractivity contribution in [3.63, 3.8) is 0 Å². The van der Waals surface area contributed by atoms with E-state index in [1.165, 1.54) is 6.20 Å². The van der Waals surface area contributed by atoms with E-state index < -0.39 is 17.0 Å². The summed E-state index contributed by atoms with van der Waals surface area (Å²) >= 11 is 6.10. The Bertz CT molecular complexity index is 410. The van der Waals surface area contributed by atoms with Gasteiger partial charge < -0.3 is 9.47 Å². The van der Waals surface area contributed by atoms with Crippen LogP contribution in [-0.2, 0) is 4.74 Å². The highest BCUT2D eigenvalue weighted by Crippen LogP contribution is 2.22. The summed E-state index contributed by atoms with van der Waals surface area (Å²) in [7, 11) is 0. The van der Waals surface area contributed by atoms with Crippen LogP contribution in [0.2, 0.25) is 0 Å². The van der Waals surface area contributed by atoms with Crippen LogP contribution in [0.15, 0.2) is 6.20 Å². The summed E-state index contributed by atoms with van der Waals surface area (Å²) in [5.41, 5.74) is -0.639. The van der Waals surface area contributed by atoms with E-state index in [2.05, 4.69) is 4.98 Å². The van der Waals surface area contributed by atoms with Crippen molar-refractivity contribution < 1.29 is 19.1 Å². The van der Waals surface area contributed by atoms with Crippen LogP contribution in [0.1, 0.15) is 30.4 Å². The Balaban J connectivity index is 2.60. The maximum absolute atomic E-state index is 11.2. The van der Waals surface area contributed by atoms with Crippen LogP contribution in [-0.4, -0.2) is 22.0 Å². The minimum absolute atomic E-state index is 0.0262. The highest BCUT2D eigenvalue weighted by Gasteiger charge is 2.19. The molecule has 0 aliphatic carbocycles. The number of aromatic nitrogens is 1. The third-order valence-electron chi connectivity index (χ3n) is 1.24. The molecule has 0 unspecified atom stereocenters. The molecule has 1 heterocycles. The standard InChI is InChI=1S/C9H10ClNO4S/c1-9(2,3)15-8(13)14-7-11-4-5(16-7)6(10)12/h4H,1-3H3. The molecule has 16 heavy (non-hydrogen) atoms. The maximum atomic E-state index is 11.2. The number of rotatable bonds is 2. The molecular weight excluding hydrogens is 254 g/mol. The van der Waals surface area contributed by atoms with E-state index in [0.717, 1.165) is 11.3 Å². The van der Waals surface area contributed by atoms with Gasteiger partial charge in [-0.3, -0.25) is 4.79 Å². The van der Waals surface area contributed by atoms with Gasteiger partial charge >= 0.3 is 6.16 Å². The lowest BCUT2D eigenvalue weighted by atomic mass is 10.2. The van der Waals surface area contributed by atoms with Gasteiger partial charge in [-0.05, 0) is 32.4 Å². The number of nitrogens with zero attached hydrogens (tertiary/aromatic N) is 1. The lowest BCUT2D eigenvalue weighted by Crippen LogP contribution is -2.25. The molecule has 0 aliphatic heterocycles. The molecule has 0 saturated heterocycles. The first-order valence-corrected chi connectivity index (χ1v) is 5.54. The molecule has 0 radical (unpaired) electrons. The normalized spacial score (nSPS) is 11.0. The molecule has 0 fully saturated rings.